The van der Waals surface area contributed by atoms with E-state index in [1.165, 1.54) is 25.1 Å². The van der Waals surface area contributed by atoms with Gasteiger partial charge in [0.05, 0.1) is 15.5 Å². The zero-order valence-electron chi connectivity index (χ0n) is 18.7. The summed E-state index contributed by atoms with van der Waals surface area (Å²) in [4.78, 5) is 34.1. The average Bonchev–Trinajstić information content (AvgIpc) is 3.03. The van der Waals surface area contributed by atoms with Gasteiger partial charge in [-0.2, -0.15) is 0 Å². The predicted molar refractivity (Wildman–Crippen MR) is 114 cm³/mol. The molecule has 0 radical (unpaired) electrons. The van der Waals surface area contributed by atoms with Crippen LogP contribution in [0.25, 0.3) is 12.2 Å². The summed E-state index contributed by atoms with van der Waals surface area (Å²) in [7, 11) is -10.1. The topological polar surface area (TPSA) is 181 Å². The van der Waals surface area contributed by atoms with Crippen LogP contribution in [-0.4, -0.2) is 43.7 Å². The van der Waals surface area contributed by atoms with Crippen molar-refractivity contribution in [1.29, 1.82) is 0 Å². The number of rotatable bonds is 6. The average molecular weight is 536 g/mol. The first kappa shape index (κ1) is 31.4. The maximum Gasteiger partial charge on any atom is 1.00 e. The predicted octanol–water partition coefficient (Wildman–Crippen LogP) is -4.94. The number of anilines is 2. The quantitative estimate of drug-likeness (QED) is 0.164. The minimum atomic E-state index is -5.08. The number of carbonyl (C=O) groups is 3. The molecule has 0 saturated carbocycles. The van der Waals surface area contributed by atoms with Crippen LogP contribution in [0.15, 0.2) is 58.3 Å². The van der Waals surface area contributed by atoms with E-state index in [0.29, 0.717) is 4.90 Å². The normalized spacial score (nSPS) is 13.5. The standard InChI is InChI=1S/C20H16N2O9S2.2Na/c1-12(23)21-15-6-4-13(17(10-15)32(26,27)28)2-3-14-5-7-16(11-18(14)33(29,30)31)22-19(24)8-9-20(22)25;;/h2-11H,1H3,(H,21,23)(H,26,27,28)(H,29,30,31);;/q;2*+1/p-2. The molecule has 172 valence electrons. The van der Waals surface area contributed by atoms with Crippen LogP contribution in [0.5, 0.6) is 0 Å². The fourth-order valence-electron chi connectivity index (χ4n) is 3.02. The second-order valence-corrected chi connectivity index (χ2v) is 9.44. The van der Waals surface area contributed by atoms with E-state index in [2.05, 4.69) is 5.32 Å². The van der Waals surface area contributed by atoms with E-state index in [1.54, 1.807) is 0 Å². The molecule has 0 aromatic heterocycles. The fraction of sp³-hybridized carbons (Fsp3) is 0.0500. The van der Waals surface area contributed by atoms with E-state index in [1.807, 2.05) is 0 Å². The monoisotopic (exact) mass is 536 g/mol. The van der Waals surface area contributed by atoms with Crippen LogP contribution < -0.4 is 69.3 Å². The number of imide groups is 1. The Hall–Kier alpha value is -1.65. The minimum absolute atomic E-state index is 0. The summed E-state index contributed by atoms with van der Waals surface area (Å²) in [5, 5.41) is 2.34. The van der Waals surface area contributed by atoms with Gasteiger partial charge in [0.25, 0.3) is 11.8 Å². The van der Waals surface area contributed by atoms with Crippen LogP contribution in [0, 0.1) is 0 Å². The first-order valence-corrected chi connectivity index (χ1v) is 11.8. The van der Waals surface area contributed by atoms with E-state index in [-0.39, 0.29) is 81.6 Å². The van der Waals surface area contributed by atoms with Gasteiger partial charge >= 0.3 is 59.1 Å². The van der Waals surface area contributed by atoms with Gasteiger partial charge in [-0.3, -0.25) is 14.4 Å². The number of nitrogens with zero attached hydrogens (tertiary/aromatic N) is 1. The summed E-state index contributed by atoms with van der Waals surface area (Å²) < 4.78 is 70.3. The Balaban J connectivity index is 0.00000306. The first-order chi connectivity index (χ1) is 15.3. The number of amides is 3. The molecular weight excluding hydrogens is 522 g/mol. The third kappa shape index (κ3) is 7.67. The molecule has 35 heavy (non-hydrogen) atoms. The summed E-state index contributed by atoms with van der Waals surface area (Å²) >= 11 is 0. The van der Waals surface area contributed by atoms with Crippen molar-refractivity contribution in [3.8, 4) is 0 Å². The van der Waals surface area contributed by atoms with Crippen molar-refractivity contribution in [3.63, 3.8) is 0 Å². The van der Waals surface area contributed by atoms with Gasteiger partial charge in [-0.15, -0.1) is 0 Å². The minimum Gasteiger partial charge on any atom is -0.744 e. The largest absolute Gasteiger partial charge is 1.00 e. The van der Waals surface area contributed by atoms with Crippen molar-refractivity contribution in [3.05, 3.63) is 59.7 Å². The van der Waals surface area contributed by atoms with Crippen molar-refractivity contribution in [2.24, 2.45) is 0 Å². The van der Waals surface area contributed by atoms with Crippen LogP contribution in [0.1, 0.15) is 18.1 Å². The van der Waals surface area contributed by atoms with Gasteiger partial charge in [-0.05, 0) is 35.4 Å². The van der Waals surface area contributed by atoms with Gasteiger partial charge < -0.3 is 14.4 Å². The van der Waals surface area contributed by atoms with Crippen molar-refractivity contribution < 1.29 is 99.4 Å². The Labute approximate surface area is 245 Å². The molecule has 1 heterocycles. The Morgan fingerprint density at radius 2 is 1.29 bits per heavy atom. The van der Waals surface area contributed by atoms with Crippen LogP contribution >= 0.6 is 0 Å². The molecule has 0 fully saturated rings. The number of hydrogen-bond donors (Lipinski definition) is 1. The summed E-state index contributed by atoms with van der Waals surface area (Å²) in [5.41, 5.74) is -0.411. The number of nitrogens with one attached hydrogen (secondary N) is 1. The smallest absolute Gasteiger partial charge is 0.744 e. The van der Waals surface area contributed by atoms with Gasteiger partial charge in [0.1, 0.15) is 20.2 Å². The molecule has 2 aromatic carbocycles. The third-order valence-corrected chi connectivity index (χ3v) is 6.16. The molecule has 11 nitrogen and oxygen atoms in total. The second kappa shape index (κ2) is 12.1. The van der Waals surface area contributed by atoms with E-state index in [4.69, 9.17) is 0 Å². The molecule has 0 spiro atoms. The molecule has 0 bridgehead atoms. The molecule has 1 aliphatic heterocycles. The zero-order valence-corrected chi connectivity index (χ0v) is 24.3. The van der Waals surface area contributed by atoms with E-state index in [9.17, 15) is 40.3 Å². The van der Waals surface area contributed by atoms with E-state index < -0.39 is 47.7 Å². The molecule has 15 heteroatoms. The van der Waals surface area contributed by atoms with Gasteiger partial charge in [0.15, 0.2) is 0 Å². The van der Waals surface area contributed by atoms with Crippen LogP contribution in [0.2, 0.25) is 0 Å². The molecule has 1 aliphatic rings. The molecule has 0 aliphatic carbocycles. The van der Waals surface area contributed by atoms with Gasteiger partial charge in [0, 0.05) is 24.8 Å². The summed E-state index contributed by atoms with van der Waals surface area (Å²) in [6.45, 7) is 1.19. The molecular formula is C20H14N2Na2O9S2. The molecule has 0 unspecified atom stereocenters. The number of hydrogen-bond acceptors (Lipinski definition) is 9. The van der Waals surface area contributed by atoms with E-state index >= 15 is 0 Å². The Morgan fingerprint density at radius 1 is 0.829 bits per heavy atom. The molecule has 2 aromatic rings. The summed E-state index contributed by atoms with van der Waals surface area (Å²) in [5.74, 6) is -1.94. The Morgan fingerprint density at radius 3 is 1.74 bits per heavy atom. The molecule has 3 amide bonds. The van der Waals surface area contributed by atoms with Crippen molar-refractivity contribution in [2.75, 3.05) is 10.2 Å². The molecule has 1 N–H and O–H groups in total. The van der Waals surface area contributed by atoms with Crippen molar-refractivity contribution in [2.45, 2.75) is 16.7 Å². The van der Waals surface area contributed by atoms with Crippen LogP contribution in [0.4, 0.5) is 11.4 Å². The maximum absolute atomic E-state index is 11.8. The van der Waals surface area contributed by atoms with Gasteiger partial charge in [-0.1, -0.05) is 24.3 Å². The van der Waals surface area contributed by atoms with Gasteiger partial charge in [0.2, 0.25) is 5.91 Å². The van der Waals surface area contributed by atoms with Crippen molar-refractivity contribution >= 4 is 61.5 Å². The van der Waals surface area contributed by atoms with Crippen LogP contribution in [0.3, 0.4) is 0 Å². The molecule has 3 rings (SSSR count). The number of carbonyl (C=O) groups excluding carboxylic acids is 3. The Bertz CT molecular complexity index is 1450. The first-order valence-electron chi connectivity index (χ1n) is 8.99. The SMILES string of the molecule is CC(=O)Nc1ccc(C=Cc2ccc(N3C(=O)C=CC3=O)cc2S(=O)(=O)[O-])c(S(=O)(=O)[O-])c1.[Na+].[Na+]. The zero-order chi connectivity index (χ0) is 24.6. The van der Waals surface area contributed by atoms with E-state index in [0.717, 1.165) is 42.5 Å². The maximum atomic E-state index is 11.8. The molecule has 0 atom stereocenters. The Kier molecular flexibility index (Phi) is 10.8. The van der Waals surface area contributed by atoms with Gasteiger partial charge in [-0.25, -0.2) is 21.7 Å². The second-order valence-electron chi connectivity index (χ2n) is 6.74. The fourth-order valence-corrected chi connectivity index (χ4v) is 4.41. The summed E-state index contributed by atoms with van der Waals surface area (Å²) in [6, 6.07) is 6.68. The third-order valence-electron chi connectivity index (χ3n) is 4.38. The van der Waals surface area contributed by atoms with Crippen molar-refractivity contribution in [1.82, 2.24) is 0 Å². The van der Waals surface area contributed by atoms with Crippen LogP contribution in [-0.2, 0) is 34.6 Å². The number of benzene rings is 2. The molecule has 0 saturated heterocycles. The summed E-state index contributed by atoms with van der Waals surface area (Å²) in [6.07, 6.45) is 4.15.